The number of hydrogen-bond acceptors (Lipinski definition) is 2. The molecule has 0 radical (unpaired) electrons. The first-order valence-corrected chi connectivity index (χ1v) is 6.47. The third-order valence-corrected chi connectivity index (χ3v) is 3.59. The molecule has 1 amide bonds. The van der Waals surface area contributed by atoms with E-state index >= 15 is 0 Å². The molecule has 1 heterocycles. The Bertz CT molecular complexity index is 438. The predicted molar refractivity (Wildman–Crippen MR) is 67.8 cm³/mol. The van der Waals surface area contributed by atoms with E-state index in [-0.39, 0.29) is 5.91 Å². The molecule has 1 aromatic rings. The topological polar surface area (TPSA) is 41.1 Å². The monoisotopic (exact) mass is 230 g/mol. The van der Waals surface area contributed by atoms with Gasteiger partial charge < -0.3 is 10.6 Å². The summed E-state index contributed by atoms with van der Waals surface area (Å²) in [6, 6.07) is 6.31. The molecule has 1 aliphatic heterocycles. The van der Waals surface area contributed by atoms with Crippen LogP contribution in [0.1, 0.15) is 30.4 Å². The molecular formula is C14H18N2O. The molecule has 3 nitrogen and oxygen atoms in total. The largest absolute Gasteiger partial charge is 0.385 e. The Balaban J connectivity index is 1.71. The average molecular weight is 230 g/mol. The maximum absolute atomic E-state index is 11.6. The van der Waals surface area contributed by atoms with E-state index in [9.17, 15) is 4.79 Å². The number of carbonyl (C=O) groups is 1. The predicted octanol–water partition coefficient (Wildman–Crippen LogP) is 2.07. The molecule has 0 spiro atoms. The Morgan fingerprint density at radius 2 is 2.29 bits per heavy atom. The highest BCUT2D eigenvalue weighted by Crippen LogP contribution is 2.29. The third kappa shape index (κ3) is 2.28. The van der Waals surface area contributed by atoms with Crippen LogP contribution in [0.5, 0.6) is 0 Å². The molecule has 0 unspecified atom stereocenters. The van der Waals surface area contributed by atoms with Crippen molar-refractivity contribution >= 4 is 11.6 Å². The van der Waals surface area contributed by atoms with Gasteiger partial charge in [-0.2, -0.15) is 0 Å². The van der Waals surface area contributed by atoms with Crippen molar-refractivity contribution in [3.05, 3.63) is 29.3 Å². The Morgan fingerprint density at radius 3 is 3.12 bits per heavy atom. The number of hydrogen-bond donors (Lipinski definition) is 2. The summed E-state index contributed by atoms with van der Waals surface area (Å²) in [6.07, 6.45) is 4.44. The Hall–Kier alpha value is -1.51. The summed E-state index contributed by atoms with van der Waals surface area (Å²) in [5.41, 5.74) is 3.90. The number of benzene rings is 1. The Labute approximate surface area is 102 Å². The summed E-state index contributed by atoms with van der Waals surface area (Å²) in [7, 11) is 0. The van der Waals surface area contributed by atoms with Crippen LogP contribution < -0.4 is 10.6 Å². The van der Waals surface area contributed by atoms with Crippen LogP contribution in [0.3, 0.4) is 0 Å². The summed E-state index contributed by atoms with van der Waals surface area (Å²) >= 11 is 0. The number of fused-ring (bicyclic) bond motifs is 1. The normalized spacial score (nSPS) is 18.1. The Kier molecular flexibility index (Phi) is 2.75. The highest BCUT2D eigenvalue weighted by Gasteiger charge is 2.29. The van der Waals surface area contributed by atoms with Crippen LogP contribution in [0.15, 0.2) is 18.2 Å². The van der Waals surface area contributed by atoms with Gasteiger partial charge in [0, 0.05) is 24.7 Å². The number of carbonyl (C=O) groups excluding carboxylic acids is 1. The van der Waals surface area contributed by atoms with Crippen molar-refractivity contribution in [2.75, 3.05) is 11.9 Å². The molecule has 17 heavy (non-hydrogen) atoms. The van der Waals surface area contributed by atoms with Gasteiger partial charge in [0.05, 0.1) is 0 Å². The minimum absolute atomic E-state index is 0.228. The molecule has 90 valence electrons. The molecular weight excluding hydrogens is 212 g/mol. The molecule has 0 bridgehead atoms. The van der Waals surface area contributed by atoms with Crippen LogP contribution in [-0.4, -0.2) is 12.5 Å². The van der Waals surface area contributed by atoms with Crippen molar-refractivity contribution in [1.29, 1.82) is 0 Å². The van der Waals surface area contributed by atoms with Gasteiger partial charge in [-0.3, -0.25) is 4.79 Å². The van der Waals surface area contributed by atoms with Crippen LogP contribution in [0.25, 0.3) is 0 Å². The zero-order chi connectivity index (χ0) is 11.7. The van der Waals surface area contributed by atoms with E-state index in [1.54, 1.807) is 0 Å². The maximum Gasteiger partial charge on any atom is 0.223 e. The zero-order valence-corrected chi connectivity index (χ0v) is 9.96. The van der Waals surface area contributed by atoms with Gasteiger partial charge in [-0.05, 0) is 42.9 Å². The van der Waals surface area contributed by atoms with Crippen molar-refractivity contribution in [1.82, 2.24) is 5.32 Å². The standard InChI is InChI=1S/C14H18N2O/c17-14(10-6-7-10)16-9-11-3-1-5-13-12(11)4-2-8-15-13/h1,3,5,10,15H,2,4,6-9H2,(H,16,17). The molecule has 0 aromatic heterocycles. The van der Waals surface area contributed by atoms with E-state index in [4.69, 9.17) is 0 Å². The lowest BCUT2D eigenvalue weighted by Gasteiger charge is -2.21. The van der Waals surface area contributed by atoms with Crippen LogP contribution >= 0.6 is 0 Å². The number of amides is 1. The summed E-state index contributed by atoms with van der Waals surface area (Å²) in [5.74, 6) is 0.527. The lowest BCUT2D eigenvalue weighted by Crippen LogP contribution is -2.25. The van der Waals surface area contributed by atoms with Gasteiger partial charge in [-0.1, -0.05) is 12.1 Å². The minimum atomic E-state index is 0.228. The van der Waals surface area contributed by atoms with Crippen molar-refractivity contribution in [2.24, 2.45) is 5.92 Å². The van der Waals surface area contributed by atoms with Gasteiger partial charge >= 0.3 is 0 Å². The second-order valence-electron chi connectivity index (χ2n) is 4.97. The van der Waals surface area contributed by atoms with Gasteiger partial charge in [-0.25, -0.2) is 0 Å². The maximum atomic E-state index is 11.6. The smallest absolute Gasteiger partial charge is 0.223 e. The molecule has 1 aliphatic carbocycles. The van der Waals surface area contributed by atoms with Gasteiger partial charge in [0.25, 0.3) is 0 Å². The fourth-order valence-corrected chi connectivity index (χ4v) is 2.42. The fraction of sp³-hybridized carbons (Fsp3) is 0.500. The van der Waals surface area contributed by atoms with Crippen molar-refractivity contribution in [3.63, 3.8) is 0 Å². The molecule has 1 aromatic carbocycles. The van der Waals surface area contributed by atoms with Crippen molar-refractivity contribution < 1.29 is 4.79 Å². The van der Waals surface area contributed by atoms with Crippen LogP contribution in [0.4, 0.5) is 5.69 Å². The zero-order valence-electron chi connectivity index (χ0n) is 9.96. The van der Waals surface area contributed by atoms with Gasteiger partial charge in [0.1, 0.15) is 0 Å². The lowest BCUT2D eigenvalue weighted by atomic mass is 9.97. The molecule has 2 aliphatic rings. The number of rotatable bonds is 3. The quantitative estimate of drug-likeness (QED) is 0.834. The van der Waals surface area contributed by atoms with Crippen molar-refractivity contribution in [3.8, 4) is 0 Å². The summed E-state index contributed by atoms with van der Waals surface area (Å²) in [6.45, 7) is 1.74. The first kappa shape index (κ1) is 10.6. The number of nitrogens with one attached hydrogen (secondary N) is 2. The fourth-order valence-electron chi connectivity index (χ4n) is 2.42. The lowest BCUT2D eigenvalue weighted by molar-refractivity contribution is -0.122. The summed E-state index contributed by atoms with van der Waals surface area (Å²) in [5, 5.41) is 6.46. The first-order valence-electron chi connectivity index (χ1n) is 6.47. The molecule has 0 saturated heterocycles. The van der Waals surface area contributed by atoms with Crippen molar-refractivity contribution in [2.45, 2.75) is 32.2 Å². The molecule has 0 atom stereocenters. The highest BCUT2D eigenvalue weighted by atomic mass is 16.2. The number of anilines is 1. The minimum Gasteiger partial charge on any atom is -0.385 e. The van der Waals surface area contributed by atoms with Crippen LogP contribution in [0, 0.1) is 5.92 Å². The van der Waals surface area contributed by atoms with Gasteiger partial charge in [0.2, 0.25) is 5.91 Å². The highest BCUT2D eigenvalue weighted by molar-refractivity contribution is 5.80. The second kappa shape index (κ2) is 4.40. The van der Waals surface area contributed by atoms with Crippen LogP contribution in [0.2, 0.25) is 0 Å². The SMILES string of the molecule is O=C(NCc1cccc2c1CCCN2)C1CC1. The molecule has 3 rings (SSSR count). The van der Waals surface area contributed by atoms with E-state index in [1.807, 2.05) is 0 Å². The van der Waals surface area contributed by atoms with E-state index in [0.29, 0.717) is 12.5 Å². The van der Waals surface area contributed by atoms with Crippen LogP contribution in [-0.2, 0) is 17.8 Å². The van der Waals surface area contributed by atoms with E-state index < -0.39 is 0 Å². The Morgan fingerprint density at radius 1 is 1.41 bits per heavy atom. The average Bonchev–Trinajstić information content (AvgIpc) is 3.20. The molecule has 2 N–H and O–H groups in total. The second-order valence-corrected chi connectivity index (χ2v) is 4.97. The molecule has 1 saturated carbocycles. The van der Waals surface area contributed by atoms with Gasteiger partial charge in [0.15, 0.2) is 0 Å². The summed E-state index contributed by atoms with van der Waals surface area (Å²) < 4.78 is 0. The molecule has 1 fully saturated rings. The molecule has 3 heteroatoms. The summed E-state index contributed by atoms with van der Waals surface area (Å²) in [4.78, 5) is 11.6. The van der Waals surface area contributed by atoms with E-state index in [2.05, 4.69) is 28.8 Å². The first-order chi connectivity index (χ1) is 8.34. The third-order valence-electron chi connectivity index (χ3n) is 3.59. The van der Waals surface area contributed by atoms with Gasteiger partial charge in [-0.15, -0.1) is 0 Å². The van der Waals surface area contributed by atoms with E-state index in [1.165, 1.54) is 23.2 Å². The van der Waals surface area contributed by atoms with E-state index in [0.717, 1.165) is 25.8 Å².